The molecule has 37 heavy (non-hydrogen) atoms. The van der Waals surface area contributed by atoms with Crippen molar-refractivity contribution < 1.29 is 4.79 Å². The lowest BCUT2D eigenvalue weighted by Gasteiger charge is -2.24. The van der Waals surface area contributed by atoms with Crippen LogP contribution in [0.3, 0.4) is 0 Å². The van der Waals surface area contributed by atoms with Gasteiger partial charge >= 0.3 is 0 Å². The van der Waals surface area contributed by atoms with Crippen LogP contribution in [0.1, 0.15) is 56.6 Å². The highest BCUT2D eigenvalue weighted by Gasteiger charge is 2.21. The molecule has 3 heterocycles. The van der Waals surface area contributed by atoms with Gasteiger partial charge in [-0.3, -0.25) is 9.78 Å². The van der Waals surface area contributed by atoms with E-state index >= 15 is 0 Å². The topological polar surface area (TPSA) is 104 Å². The summed E-state index contributed by atoms with van der Waals surface area (Å²) in [6.07, 6.45) is 7.40. The van der Waals surface area contributed by atoms with Gasteiger partial charge in [-0.05, 0) is 69.2 Å². The summed E-state index contributed by atoms with van der Waals surface area (Å²) in [5.41, 5.74) is 12.1. The SMILES string of the molecule is CC(C)c1nn(-c2ccc(C(N)=O)c(NC(C)(C)C)c2)c2cccc(-n3cnc(-c4cccnc4)c3)c12. The van der Waals surface area contributed by atoms with Crippen molar-refractivity contribution in [1.29, 1.82) is 0 Å². The Hall–Kier alpha value is -4.46. The standard InChI is InChI=1S/C29H31N7O/c1-18(2)27-26-24(35-16-23(32-17-35)19-8-7-13-31-15-19)9-6-10-25(26)36(34-27)20-11-12-21(28(30)37)22(14-20)33-29(3,4)5/h6-18,33H,1-5H3,(H2,30,37). The first kappa shape index (κ1) is 24.2. The lowest BCUT2D eigenvalue weighted by molar-refractivity contribution is 0.100. The lowest BCUT2D eigenvalue weighted by Crippen LogP contribution is -2.28. The number of hydrogen-bond acceptors (Lipinski definition) is 5. The molecule has 0 spiro atoms. The Morgan fingerprint density at radius 2 is 1.89 bits per heavy atom. The van der Waals surface area contributed by atoms with Crippen molar-refractivity contribution >= 4 is 22.5 Å². The van der Waals surface area contributed by atoms with Crippen LogP contribution in [0.5, 0.6) is 0 Å². The van der Waals surface area contributed by atoms with Gasteiger partial charge in [-0.25, -0.2) is 9.67 Å². The van der Waals surface area contributed by atoms with E-state index in [1.165, 1.54) is 0 Å². The van der Waals surface area contributed by atoms with E-state index in [-0.39, 0.29) is 11.5 Å². The Labute approximate surface area is 216 Å². The Morgan fingerprint density at radius 1 is 1.08 bits per heavy atom. The third-order valence-electron chi connectivity index (χ3n) is 6.10. The van der Waals surface area contributed by atoms with Gasteiger partial charge in [-0.2, -0.15) is 5.10 Å². The molecule has 1 amide bonds. The van der Waals surface area contributed by atoms with E-state index in [9.17, 15) is 4.79 Å². The molecule has 0 atom stereocenters. The Kier molecular flexibility index (Phi) is 6.03. The van der Waals surface area contributed by atoms with Crippen molar-refractivity contribution in [1.82, 2.24) is 24.3 Å². The first-order valence-electron chi connectivity index (χ1n) is 12.3. The van der Waals surface area contributed by atoms with Crippen molar-refractivity contribution in [3.63, 3.8) is 0 Å². The number of carbonyl (C=O) groups is 1. The van der Waals surface area contributed by atoms with Crippen molar-refractivity contribution in [2.45, 2.75) is 46.1 Å². The molecule has 2 aromatic carbocycles. The van der Waals surface area contributed by atoms with E-state index in [4.69, 9.17) is 10.8 Å². The molecule has 5 aromatic rings. The number of nitrogens with one attached hydrogen (secondary N) is 1. The zero-order valence-corrected chi connectivity index (χ0v) is 21.7. The number of carbonyl (C=O) groups excluding carboxylic acids is 1. The molecular formula is C29H31N7O. The number of benzene rings is 2. The minimum Gasteiger partial charge on any atom is -0.380 e. The van der Waals surface area contributed by atoms with Crippen LogP contribution in [0.2, 0.25) is 0 Å². The van der Waals surface area contributed by atoms with Gasteiger partial charge in [0.15, 0.2) is 0 Å². The fraction of sp³-hybridized carbons (Fsp3) is 0.241. The number of nitrogens with two attached hydrogens (primary N) is 1. The molecule has 0 bridgehead atoms. The maximum Gasteiger partial charge on any atom is 0.250 e. The average Bonchev–Trinajstić information content (AvgIpc) is 3.49. The fourth-order valence-electron chi connectivity index (χ4n) is 4.50. The number of anilines is 1. The van der Waals surface area contributed by atoms with Gasteiger partial charge in [-0.15, -0.1) is 0 Å². The van der Waals surface area contributed by atoms with Gasteiger partial charge in [0.2, 0.25) is 0 Å². The van der Waals surface area contributed by atoms with Crippen molar-refractivity contribution in [2.75, 3.05) is 5.32 Å². The number of fused-ring (bicyclic) bond motifs is 1. The number of amides is 1. The Bertz CT molecular complexity index is 1590. The number of nitrogens with zero attached hydrogens (tertiary/aromatic N) is 5. The van der Waals surface area contributed by atoms with Gasteiger partial charge in [0.05, 0.1) is 40.2 Å². The third kappa shape index (κ3) is 4.70. The van der Waals surface area contributed by atoms with Crippen LogP contribution in [0.4, 0.5) is 5.69 Å². The normalized spacial score (nSPS) is 11.8. The molecule has 5 rings (SSSR count). The van der Waals surface area contributed by atoms with E-state index in [0.29, 0.717) is 11.3 Å². The van der Waals surface area contributed by atoms with Crippen LogP contribution in [0.15, 0.2) is 73.4 Å². The monoisotopic (exact) mass is 493 g/mol. The molecule has 8 heteroatoms. The number of pyridine rings is 1. The number of imidazole rings is 1. The predicted octanol–water partition coefficient (Wildman–Crippen LogP) is 5.71. The summed E-state index contributed by atoms with van der Waals surface area (Å²) in [6, 6.07) is 15.7. The number of aromatic nitrogens is 5. The molecule has 188 valence electrons. The summed E-state index contributed by atoms with van der Waals surface area (Å²) in [7, 11) is 0. The number of rotatable bonds is 6. The minimum absolute atomic E-state index is 0.184. The van der Waals surface area contributed by atoms with Crippen LogP contribution in [-0.2, 0) is 0 Å². The van der Waals surface area contributed by atoms with Gasteiger partial charge in [0.25, 0.3) is 5.91 Å². The molecule has 0 aliphatic carbocycles. The van der Waals surface area contributed by atoms with Crippen LogP contribution in [-0.4, -0.2) is 35.8 Å². The van der Waals surface area contributed by atoms with E-state index in [0.717, 1.165) is 39.2 Å². The molecule has 0 unspecified atom stereocenters. The second-order valence-corrected chi connectivity index (χ2v) is 10.5. The highest BCUT2D eigenvalue weighted by molar-refractivity contribution is 5.99. The van der Waals surface area contributed by atoms with Crippen LogP contribution >= 0.6 is 0 Å². The van der Waals surface area contributed by atoms with Gasteiger partial charge in [0.1, 0.15) is 0 Å². The minimum atomic E-state index is -0.474. The van der Waals surface area contributed by atoms with E-state index in [2.05, 4.69) is 41.3 Å². The van der Waals surface area contributed by atoms with E-state index < -0.39 is 5.91 Å². The van der Waals surface area contributed by atoms with Crippen LogP contribution in [0.25, 0.3) is 33.5 Å². The molecule has 3 N–H and O–H groups in total. The highest BCUT2D eigenvalue weighted by Crippen LogP contribution is 2.34. The molecule has 0 aliphatic heterocycles. The second kappa shape index (κ2) is 9.20. The van der Waals surface area contributed by atoms with Crippen molar-refractivity contribution in [3.05, 3.63) is 84.7 Å². The summed E-state index contributed by atoms with van der Waals surface area (Å²) in [6.45, 7) is 10.4. The third-order valence-corrected chi connectivity index (χ3v) is 6.10. The Balaban J connectivity index is 1.68. The molecule has 0 saturated heterocycles. The number of hydrogen-bond donors (Lipinski definition) is 2. The maximum atomic E-state index is 12.1. The van der Waals surface area contributed by atoms with Crippen molar-refractivity contribution in [3.8, 4) is 22.6 Å². The molecule has 8 nitrogen and oxygen atoms in total. The van der Waals surface area contributed by atoms with Crippen LogP contribution < -0.4 is 11.1 Å². The Morgan fingerprint density at radius 3 is 2.57 bits per heavy atom. The zero-order chi connectivity index (χ0) is 26.3. The molecular weight excluding hydrogens is 462 g/mol. The first-order chi connectivity index (χ1) is 17.6. The largest absolute Gasteiger partial charge is 0.380 e. The second-order valence-electron chi connectivity index (χ2n) is 10.5. The quantitative estimate of drug-likeness (QED) is 0.315. The summed E-state index contributed by atoms with van der Waals surface area (Å²) in [5, 5.41) is 9.52. The van der Waals surface area contributed by atoms with Gasteiger partial charge in [-0.1, -0.05) is 19.9 Å². The zero-order valence-electron chi connectivity index (χ0n) is 21.7. The van der Waals surface area contributed by atoms with Crippen LogP contribution in [0, 0.1) is 0 Å². The van der Waals surface area contributed by atoms with E-state index in [1.54, 1.807) is 12.3 Å². The molecule has 0 fully saturated rings. The average molecular weight is 494 g/mol. The lowest BCUT2D eigenvalue weighted by atomic mass is 10.0. The molecule has 3 aromatic heterocycles. The van der Waals surface area contributed by atoms with Gasteiger partial charge < -0.3 is 15.6 Å². The fourth-order valence-corrected chi connectivity index (χ4v) is 4.50. The smallest absolute Gasteiger partial charge is 0.250 e. The predicted molar refractivity (Wildman–Crippen MR) is 147 cm³/mol. The maximum absolute atomic E-state index is 12.1. The first-order valence-corrected chi connectivity index (χ1v) is 12.3. The molecule has 0 radical (unpaired) electrons. The highest BCUT2D eigenvalue weighted by atomic mass is 16.1. The van der Waals surface area contributed by atoms with Gasteiger partial charge in [0, 0.05) is 40.8 Å². The summed E-state index contributed by atoms with van der Waals surface area (Å²) in [4.78, 5) is 21.0. The summed E-state index contributed by atoms with van der Waals surface area (Å²) < 4.78 is 3.97. The van der Waals surface area contributed by atoms with E-state index in [1.807, 2.05) is 79.1 Å². The summed E-state index contributed by atoms with van der Waals surface area (Å²) in [5.74, 6) is -0.290. The number of primary amides is 1. The summed E-state index contributed by atoms with van der Waals surface area (Å²) >= 11 is 0. The van der Waals surface area contributed by atoms with Crippen molar-refractivity contribution in [2.24, 2.45) is 5.73 Å². The molecule has 0 saturated carbocycles. The molecule has 0 aliphatic rings.